The third-order valence-electron chi connectivity index (χ3n) is 3.01. The third kappa shape index (κ3) is 3.33. The van der Waals surface area contributed by atoms with E-state index < -0.39 is 0 Å². The molecule has 1 aliphatic carbocycles. The van der Waals surface area contributed by atoms with Gasteiger partial charge in [0.15, 0.2) is 0 Å². The first-order valence-electron chi connectivity index (χ1n) is 5.82. The predicted molar refractivity (Wildman–Crippen MR) is 60.2 cm³/mol. The first kappa shape index (κ1) is 11.6. The van der Waals surface area contributed by atoms with Crippen molar-refractivity contribution in [3.8, 4) is 0 Å². The third-order valence-corrected chi connectivity index (χ3v) is 3.01. The first-order valence-corrected chi connectivity index (χ1v) is 5.82. The highest BCUT2D eigenvalue weighted by molar-refractivity contribution is 4.94. The second kappa shape index (κ2) is 6.07. The quantitative estimate of drug-likeness (QED) is 0.684. The average Bonchev–Trinajstić information content (AvgIpc) is 2.20. The van der Waals surface area contributed by atoms with Crippen LogP contribution in [0.15, 0.2) is 12.3 Å². The van der Waals surface area contributed by atoms with Gasteiger partial charge >= 0.3 is 0 Å². The second-order valence-electron chi connectivity index (χ2n) is 4.01. The molecular weight excluding hydrogens is 174 g/mol. The van der Waals surface area contributed by atoms with Crippen LogP contribution in [0.25, 0.3) is 0 Å². The van der Waals surface area contributed by atoms with Crippen molar-refractivity contribution >= 4 is 0 Å². The predicted octanol–water partition coefficient (Wildman–Crippen LogP) is 2.70. The van der Waals surface area contributed by atoms with Crippen LogP contribution in [0.3, 0.4) is 0 Å². The Balaban J connectivity index is 2.24. The lowest BCUT2D eigenvalue weighted by Gasteiger charge is -2.29. The van der Waals surface area contributed by atoms with E-state index in [-0.39, 0.29) is 0 Å². The molecule has 1 saturated carbocycles. The van der Waals surface area contributed by atoms with E-state index in [0.29, 0.717) is 5.92 Å². The summed E-state index contributed by atoms with van der Waals surface area (Å²) in [6.45, 7) is 10.0. The maximum atomic E-state index is 5.46. The smallest absolute Gasteiger partial charge is 0.0918 e. The van der Waals surface area contributed by atoms with Gasteiger partial charge in [-0.1, -0.05) is 13.5 Å². The van der Waals surface area contributed by atoms with Gasteiger partial charge in [-0.3, -0.25) is 0 Å². The van der Waals surface area contributed by atoms with Gasteiger partial charge in [0.1, 0.15) is 0 Å². The molecule has 0 unspecified atom stereocenters. The summed E-state index contributed by atoms with van der Waals surface area (Å²) in [5.41, 5.74) is 0. The molecule has 0 aromatic rings. The van der Waals surface area contributed by atoms with Crippen molar-refractivity contribution in [3.05, 3.63) is 12.3 Å². The Morgan fingerprint density at radius 3 is 2.43 bits per heavy atom. The van der Waals surface area contributed by atoms with E-state index in [4.69, 9.17) is 4.74 Å². The Morgan fingerprint density at radius 1 is 1.29 bits per heavy atom. The fraction of sp³-hybridized carbons (Fsp3) is 0.833. The van der Waals surface area contributed by atoms with E-state index in [1.54, 1.807) is 0 Å². The van der Waals surface area contributed by atoms with Gasteiger partial charge in [-0.25, -0.2) is 0 Å². The first-order chi connectivity index (χ1) is 6.77. The average molecular weight is 197 g/mol. The minimum Gasteiger partial charge on any atom is -0.499 e. The van der Waals surface area contributed by atoms with E-state index in [0.717, 1.165) is 25.0 Å². The van der Waals surface area contributed by atoms with Crippen molar-refractivity contribution in [2.24, 2.45) is 5.92 Å². The number of nitrogens with one attached hydrogen (secondary N) is 1. The van der Waals surface area contributed by atoms with Gasteiger partial charge < -0.3 is 10.1 Å². The highest BCUT2D eigenvalue weighted by Gasteiger charge is 2.22. The van der Waals surface area contributed by atoms with Gasteiger partial charge in [-0.15, -0.1) is 0 Å². The molecule has 14 heavy (non-hydrogen) atoms. The zero-order valence-electron chi connectivity index (χ0n) is 9.51. The van der Waals surface area contributed by atoms with Crippen molar-refractivity contribution in [1.29, 1.82) is 0 Å². The summed E-state index contributed by atoms with van der Waals surface area (Å²) in [5.74, 6) is 1.60. The lowest BCUT2D eigenvalue weighted by molar-refractivity contribution is 0.166. The fourth-order valence-corrected chi connectivity index (χ4v) is 2.21. The molecule has 1 fully saturated rings. The fourth-order valence-electron chi connectivity index (χ4n) is 2.21. The van der Waals surface area contributed by atoms with Crippen LogP contribution >= 0.6 is 0 Å². The van der Waals surface area contributed by atoms with Crippen molar-refractivity contribution < 1.29 is 4.74 Å². The number of allylic oxidation sites excluding steroid dienone is 1. The largest absolute Gasteiger partial charge is 0.499 e. The van der Waals surface area contributed by atoms with Gasteiger partial charge in [0.05, 0.1) is 12.4 Å². The Morgan fingerprint density at radius 2 is 1.93 bits per heavy atom. The Kier molecular flexibility index (Phi) is 5.02. The molecule has 0 aliphatic heterocycles. The van der Waals surface area contributed by atoms with E-state index in [2.05, 4.69) is 18.8 Å². The van der Waals surface area contributed by atoms with E-state index >= 15 is 0 Å². The Hall–Kier alpha value is -0.500. The standard InChI is InChI=1S/C12H23NO/c1-4-13-12-8-6-11(7-9-12)10(3)14-5-2/h11-13H,3-9H2,1-2H3. The van der Waals surface area contributed by atoms with Crippen LogP contribution in [0.2, 0.25) is 0 Å². The lowest BCUT2D eigenvalue weighted by atomic mass is 9.85. The molecule has 0 amide bonds. The van der Waals surface area contributed by atoms with Crippen LogP contribution in [0, 0.1) is 5.92 Å². The summed E-state index contributed by atoms with van der Waals surface area (Å²) in [6, 6.07) is 0.727. The number of hydrogen-bond acceptors (Lipinski definition) is 2. The topological polar surface area (TPSA) is 21.3 Å². The molecule has 0 atom stereocenters. The maximum Gasteiger partial charge on any atom is 0.0918 e. The van der Waals surface area contributed by atoms with Crippen LogP contribution in [0.1, 0.15) is 39.5 Å². The minimum absolute atomic E-state index is 0.602. The zero-order valence-corrected chi connectivity index (χ0v) is 9.51. The molecule has 2 heteroatoms. The molecule has 0 radical (unpaired) electrons. The summed E-state index contributed by atoms with van der Waals surface area (Å²) in [7, 11) is 0. The molecule has 1 aliphatic rings. The van der Waals surface area contributed by atoms with E-state index in [1.165, 1.54) is 25.7 Å². The summed E-state index contributed by atoms with van der Waals surface area (Å²) >= 11 is 0. The highest BCUT2D eigenvalue weighted by atomic mass is 16.5. The number of hydrogen-bond donors (Lipinski definition) is 1. The van der Waals surface area contributed by atoms with E-state index in [1.807, 2.05) is 6.92 Å². The lowest BCUT2D eigenvalue weighted by Crippen LogP contribution is -2.33. The van der Waals surface area contributed by atoms with Crippen molar-refractivity contribution in [2.45, 2.75) is 45.6 Å². The number of ether oxygens (including phenoxy) is 1. The minimum atomic E-state index is 0.602. The molecule has 1 rings (SSSR count). The monoisotopic (exact) mass is 197 g/mol. The van der Waals surface area contributed by atoms with Gasteiger partial charge in [-0.2, -0.15) is 0 Å². The molecule has 0 spiro atoms. The van der Waals surface area contributed by atoms with Crippen molar-refractivity contribution in [1.82, 2.24) is 5.32 Å². The van der Waals surface area contributed by atoms with Crippen LogP contribution < -0.4 is 5.32 Å². The SMILES string of the molecule is C=C(OCC)C1CCC(NCC)CC1. The molecular formula is C12H23NO. The zero-order chi connectivity index (χ0) is 10.4. The highest BCUT2D eigenvalue weighted by Crippen LogP contribution is 2.29. The van der Waals surface area contributed by atoms with Crippen LogP contribution in [0.4, 0.5) is 0 Å². The molecule has 1 N–H and O–H groups in total. The van der Waals surface area contributed by atoms with Gasteiger partial charge in [0.25, 0.3) is 0 Å². The molecule has 0 aromatic heterocycles. The van der Waals surface area contributed by atoms with Crippen LogP contribution in [0.5, 0.6) is 0 Å². The van der Waals surface area contributed by atoms with Crippen molar-refractivity contribution in [2.75, 3.05) is 13.2 Å². The Bertz CT molecular complexity index is 171. The summed E-state index contributed by atoms with van der Waals surface area (Å²) in [4.78, 5) is 0. The summed E-state index contributed by atoms with van der Waals surface area (Å²) in [6.07, 6.45) is 5.00. The molecule has 0 saturated heterocycles. The summed E-state index contributed by atoms with van der Waals surface area (Å²) in [5, 5.41) is 3.51. The molecule has 0 heterocycles. The summed E-state index contributed by atoms with van der Waals surface area (Å²) < 4.78 is 5.46. The van der Waals surface area contributed by atoms with Gasteiger partial charge in [-0.05, 0) is 39.2 Å². The van der Waals surface area contributed by atoms with Crippen molar-refractivity contribution in [3.63, 3.8) is 0 Å². The second-order valence-corrected chi connectivity index (χ2v) is 4.01. The van der Waals surface area contributed by atoms with Gasteiger partial charge in [0.2, 0.25) is 0 Å². The molecule has 2 nitrogen and oxygen atoms in total. The Labute approximate surface area is 87.7 Å². The van der Waals surface area contributed by atoms with Gasteiger partial charge in [0, 0.05) is 12.0 Å². The molecule has 0 bridgehead atoms. The maximum absolute atomic E-state index is 5.46. The molecule has 82 valence electrons. The van der Waals surface area contributed by atoms with Crippen LogP contribution in [-0.4, -0.2) is 19.2 Å². The molecule has 0 aromatic carbocycles. The normalized spacial score (nSPS) is 27.3. The van der Waals surface area contributed by atoms with Crippen LogP contribution in [-0.2, 0) is 4.74 Å². The van der Waals surface area contributed by atoms with E-state index in [9.17, 15) is 0 Å². The number of rotatable bonds is 5.